The summed E-state index contributed by atoms with van der Waals surface area (Å²) in [4.78, 5) is 24.0. The van der Waals surface area contributed by atoms with Gasteiger partial charge in [-0.2, -0.15) is 5.10 Å². The summed E-state index contributed by atoms with van der Waals surface area (Å²) >= 11 is 0. The molecule has 0 spiro atoms. The molecule has 10 heteroatoms. The first kappa shape index (κ1) is 23.9. The van der Waals surface area contributed by atoms with Crippen molar-refractivity contribution in [1.82, 2.24) is 30.0 Å². The number of rotatable bonds is 7. The maximum Gasteiger partial charge on any atom is 0.239 e. The van der Waals surface area contributed by atoms with E-state index in [1.807, 2.05) is 39.0 Å². The molecular weight excluding hydrogens is 430 g/mol. The predicted octanol–water partition coefficient (Wildman–Crippen LogP) is 2.89. The fourth-order valence-electron chi connectivity index (χ4n) is 3.95. The van der Waals surface area contributed by atoms with Crippen molar-refractivity contribution in [3.63, 3.8) is 0 Å². The van der Waals surface area contributed by atoms with Gasteiger partial charge in [0.1, 0.15) is 11.6 Å². The van der Waals surface area contributed by atoms with Gasteiger partial charge in [-0.25, -0.2) is 14.6 Å². The quantitative estimate of drug-likeness (QED) is 0.560. The molecule has 1 atom stereocenters. The second-order valence-electron chi connectivity index (χ2n) is 8.01. The zero-order valence-corrected chi connectivity index (χ0v) is 19.7. The summed E-state index contributed by atoms with van der Waals surface area (Å²) < 4.78 is 7.46. The molecule has 1 aliphatic rings. The van der Waals surface area contributed by atoms with Crippen LogP contribution in [0.1, 0.15) is 30.5 Å². The van der Waals surface area contributed by atoms with Crippen LogP contribution in [-0.2, 0) is 4.79 Å². The Bertz CT molecular complexity index is 1080. The van der Waals surface area contributed by atoms with E-state index < -0.39 is 0 Å². The highest BCUT2D eigenvalue weighted by atomic mass is 35.5. The molecule has 2 N–H and O–H groups in total. The summed E-state index contributed by atoms with van der Waals surface area (Å²) in [5.41, 5.74) is 1.84. The van der Waals surface area contributed by atoms with E-state index in [0.717, 1.165) is 43.2 Å². The molecule has 0 bridgehead atoms. The van der Waals surface area contributed by atoms with Gasteiger partial charge in [0.15, 0.2) is 17.4 Å². The van der Waals surface area contributed by atoms with Crippen LogP contribution < -0.4 is 10.6 Å². The first-order valence-corrected chi connectivity index (χ1v) is 10.7. The highest BCUT2D eigenvalue weighted by Crippen LogP contribution is 2.23. The monoisotopic (exact) mass is 459 g/mol. The molecule has 0 radical (unpaired) electrons. The largest absolute Gasteiger partial charge is 0.458 e. The van der Waals surface area contributed by atoms with Crippen LogP contribution in [0.4, 0.5) is 5.82 Å². The molecule has 0 aromatic carbocycles. The third-order valence-electron chi connectivity index (χ3n) is 5.30. The molecule has 9 nitrogen and oxygen atoms in total. The molecule has 4 heterocycles. The number of nitrogens with zero attached hydrogens (tertiary/aromatic N) is 5. The van der Waals surface area contributed by atoms with Gasteiger partial charge in [-0.15, -0.1) is 12.4 Å². The van der Waals surface area contributed by atoms with Gasteiger partial charge in [-0.3, -0.25) is 9.69 Å². The SMILES string of the molecule is CCN[C@H]1CCN(CC(=O)Nc2cc(-n3nc(C)cc3C)nc(-c3ccc(C)o3)n2)C1.Cl. The second-order valence-corrected chi connectivity index (χ2v) is 8.01. The standard InChI is InChI=1S/C22H29N7O2.ClH/c1-5-23-17-8-9-28(12-17)13-21(30)24-19-11-20(29-15(3)10-14(2)27-29)26-22(25-19)18-7-6-16(4)31-18;/h6-7,10-11,17,23H,5,8-9,12-13H2,1-4H3,(H,24,25,26,30);1H/t17-;/m0./s1. The number of carbonyl (C=O) groups excluding carboxylic acids is 1. The number of carbonyl (C=O) groups is 1. The Hall–Kier alpha value is -2.75. The molecule has 1 fully saturated rings. The number of anilines is 1. The van der Waals surface area contributed by atoms with E-state index in [1.165, 1.54) is 0 Å². The van der Waals surface area contributed by atoms with Crippen LogP contribution in [0, 0.1) is 20.8 Å². The average molecular weight is 460 g/mol. The molecule has 0 saturated carbocycles. The van der Waals surface area contributed by atoms with E-state index in [2.05, 4.69) is 37.5 Å². The zero-order valence-electron chi connectivity index (χ0n) is 18.9. The second kappa shape index (κ2) is 10.2. The van der Waals surface area contributed by atoms with Crippen LogP contribution in [0.2, 0.25) is 0 Å². The molecule has 4 rings (SSSR count). The molecule has 32 heavy (non-hydrogen) atoms. The van der Waals surface area contributed by atoms with Crippen molar-refractivity contribution in [1.29, 1.82) is 0 Å². The van der Waals surface area contributed by atoms with Crippen LogP contribution in [0.5, 0.6) is 0 Å². The lowest BCUT2D eigenvalue weighted by Gasteiger charge is -2.16. The summed E-state index contributed by atoms with van der Waals surface area (Å²) in [7, 11) is 0. The van der Waals surface area contributed by atoms with Crippen LogP contribution in [0.25, 0.3) is 17.4 Å². The number of furan rings is 1. The van der Waals surface area contributed by atoms with Crippen molar-refractivity contribution in [2.75, 3.05) is 31.5 Å². The molecule has 1 amide bonds. The minimum atomic E-state index is -0.100. The van der Waals surface area contributed by atoms with Gasteiger partial charge in [0.25, 0.3) is 0 Å². The number of nitrogens with one attached hydrogen (secondary N) is 2. The third-order valence-corrected chi connectivity index (χ3v) is 5.30. The van der Waals surface area contributed by atoms with E-state index in [9.17, 15) is 4.79 Å². The Labute approximate surface area is 194 Å². The molecule has 3 aromatic heterocycles. The van der Waals surface area contributed by atoms with Crippen molar-refractivity contribution in [3.05, 3.63) is 41.4 Å². The van der Waals surface area contributed by atoms with Gasteiger partial charge in [-0.1, -0.05) is 6.92 Å². The molecular formula is C22H30ClN7O2. The maximum atomic E-state index is 12.7. The Morgan fingerprint density at radius 2 is 2.03 bits per heavy atom. The van der Waals surface area contributed by atoms with Crippen LogP contribution in [-0.4, -0.2) is 62.8 Å². The Morgan fingerprint density at radius 3 is 2.69 bits per heavy atom. The van der Waals surface area contributed by atoms with Crippen LogP contribution >= 0.6 is 12.4 Å². The number of hydrogen-bond acceptors (Lipinski definition) is 7. The van der Waals surface area contributed by atoms with Gasteiger partial charge in [-0.05, 0) is 51.9 Å². The number of likely N-dealkylation sites (N-methyl/N-ethyl adjacent to an activating group) is 1. The van der Waals surface area contributed by atoms with Crippen molar-refractivity contribution in [3.8, 4) is 17.4 Å². The summed E-state index contributed by atoms with van der Waals surface area (Å²) in [6, 6.07) is 7.85. The van der Waals surface area contributed by atoms with Crippen molar-refractivity contribution in [2.24, 2.45) is 0 Å². The number of hydrogen-bond donors (Lipinski definition) is 2. The fourth-order valence-corrected chi connectivity index (χ4v) is 3.95. The topological polar surface area (TPSA) is 101 Å². The van der Waals surface area contributed by atoms with Crippen molar-refractivity contribution in [2.45, 2.75) is 40.2 Å². The minimum Gasteiger partial charge on any atom is -0.458 e. The van der Waals surface area contributed by atoms with Gasteiger partial charge >= 0.3 is 0 Å². The summed E-state index contributed by atoms with van der Waals surface area (Å²) in [5, 5.41) is 10.9. The summed E-state index contributed by atoms with van der Waals surface area (Å²) in [5.74, 6) is 2.62. The highest BCUT2D eigenvalue weighted by molar-refractivity contribution is 5.91. The normalized spacial score (nSPS) is 16.2. The van der Waals surface area contributed by atoms with E-state index in [1.54, 1.807) is 10.7 Å². The lowest BCUT2D eigenvalue weighted by molar-refractivity contribution is -0.117. The van der Waals surface area contributed by atoms with Gasteiger partial charge in [0.2, 0.25) is 5.91 Å². The van der Waals surface area contributed by atoms with Gasteiger partial charge in [0.05, 0.1) is 12.2 Å². The predicted molar refractivity (Wildman–Crippen MR) is 125 cm³/mol. The lowest BCUT2D eigenvalue weighted by Crippen LogP contribution is -2.36. The van der Waals surface area contributed by atoms with E-state index in [0.29, 0.717) is 35.8 Å². The van der Waals surface area contributed by atoms with E-state index >= 15 is 0 Å². The van der Waals surface area contributed by atoms with Gasteiger partial charge in [0, 0.05) is 30.9 Å². The zero-order chi connectivity index (χ0) is 22.0. The number of amides is 1. The Balaban J connectivity index is 0.00000289. The Morgan fingerprint density at radius 1 is 1.22 bits per heavy atom. The molecule has 172 valence electrons. The van der Waals surface area contributed by atoms with Crippen LogP contribution in [0.3, 0.4) is 0 Å². The van der Waals surface area contributed by atoms with E-state index in [-0.39, 0.29) is 18.3 Å². The third kappa shape index (κ3) is 5.53. The summed E-state index contributed by atoms with van der Waals surface area (Å²) in [6.07, 6.45) is 1.05. The van der Waals surface area contributed by atoms with Crippen LogP contribution in [0.15, 0.2) is 28.7 Å². The van der Waals surface area contributed by atoms with Crippen molar-refractivity contribution >= 4 is 24.1 Å². The number of likely N-dealkylation sites (tertiary alicyclic amines) is 1. The molecule has 0 unspecified atom stereocenters. The van der Waals surface area contributed by atoms with Crippen molar-refractivity contribution < 1.29 is 9.21 Å². The first-order chi connectivity index (χ1) is 14.9. The minimum absolute atomic E-state index is 0. The average Bonchev–Trinajstić information content (AvgIpc) is 3.42. The summed E-state index contributed by atoms with van der Waals surface area (Å²) in [6.45, 7) is 10.9. The highest BCUT2D eigenvalue weighted by Gasteiger charge is 2.23. The molecule has 0 aliphatic carbocycles. The smallest absolute Gasteiger partial charge is 0.239 e. The van der Waals surface area contributed by atoms with E-state index in [4.69, 9.17) is 4.42 Å². The fraction of sp³-hybridized carbons (Fsp3) is 0.455. The first-order valence-electron chi connectivity index (χ1n) is 10.7. The van der Waals surface area contributed by atoms with Gasteiger partial charge < -0.3 is 15.1 Å². The molecule has 1 aliphatic heterocycles. The number of aromatic nitrogens is 4. The number of aryl methyl sites for hydroxylation is 3. The molecule has 3 aromatic rings. The number of halogens is 1. The Kier molecular flexibility index (Phi) is 7.65. The molecule has 1 saturated heterocycles. The maximum absolute atomic E-state index is 12.7. The lowest BCUT2D eigenvalue weighted by atomic mass is 10.3.